The van der Waals surface area contributed by atoms with E-state index in [9.17, 15) is 19.2 Å². The number of nitrogens with one attached hydrogen (secondary N) is 4. The molecule has 0 unspecified atom stereocenters. The summed E-state index contributed by atoms with van der Waals surface area (Å²) in [7, 11) is 0. The first-order valence-electron chi connectivity index (χ1n) is 14.4. The molecule has 0 heterocycles. The van der Waals surface area contributed by atoms with Crippen molar-refractivity contribution in [3.8, 4) is 0 Å². The number of rotatable bonds is 14. The fourth-order valence-electron chi connectivity index (χ4n) is 4.54. The summed E-state index contributed by atoms with van der Waals surface area (Å²) in [5.74, 6) is -1.13. The first-order valence-corrected chi connectivity index (χ1v) is 14.4. The van der Waals surface area contributed by atoms with Gasteiger partial charge in [-0.3, -0.25) is 19.2 Å². The molecule has 0 aromatic heterocycles. The van der Waals surface area contributed by atoms with Crippen molar-refractivity contribution < 1.29 is 19.2 Å². The van der Waals surface area contributed by atoms with Crippen LogP contribution in [0.3, 0.4) is 0 Å². The number of hydrogen-bond acceptors (Lipinski definition) is 4. The van der Waals surface area contributed by atoms with Crippen molar-refractivity contribution in [2.24, 2.45) is 0 Å². The van der Waals surface area contributed by atoms with Gasteiger partial charge in [-0.1, -0.05) is 84.9 Å². The van der Waals surface area contributed by atoms with E-state index in [2.05, 4.69) is 21.3 Å². The van der Waals surface area contributed by atoms with Gasteiger partial charge >= 0.3 is 0 Å². The molecule has 8 nitrogen and oxygen atoms in total. The van der Waals surface area contributed by atoms with E-state index in [1.165, 1.54) is 0 Å². The molecule has 4 N–H and O–H groups in total. The van der Waals surface area contributed by atoms with Gasteiger partial charge in [-0.15, -0.1) is 0 Å². The van der Waals surface area contributed by atoms with E-state index in [0.717, 1.165) is 11.1 Å². The van der Waals surface area contributed by atoms with Crippen LogP contribution in [-0.4, -0.2) is 36.7 Å². The lowest BCUT2D eigenvalue weighted by Gasteiger charge is -2.12. The van der Waals surface area contributed by atoms with Gasteiger partial charge in [-0.05, 0) is 54.7 Å². The zero-order valence-corrected chi connectivity index (χ0v) is 24.0. The third kappa shape index (κ3) is 9.97. The van der Waals surface area contributed by atoms with Gasteiger partial charge in [0.2, 0.25) is 11.8 Å². The molecule has 0 aliphatic heterocycles. The minimum Gasteiger partial charge on any atom is -0.352 e. The third-order valence-corrected chi connectivity index (χ3v) is 6.78. The van der Waals surface area contributed by atoms with Crippen molar-refractivity contribution in [1.82, 2.24) is 10.6 Å². The number of anilines is 2. The quantitative estimate of drug-likeness (QED) is 0.161. The number of benzene rings is 4. The van der Waals surface area contributed by atoms with Crippen LogP contribution in [0.5, 0.6) is 0 Å². The summed E-state index contributed by atoms with van der Waals surface area (Å²) in [6, 6.07) is 33.4. The number of hydrogen-bond donors (Lipinski definition) is 4. The first-order chi connectivity index (χ1) is 21.0. The number of carbonyl (C=O) groups is 4. The van der Waals surface area contributed by atoms with E-state index in [-0.39, 0.29) is 36.5 Å². The molecule has 220 valence electrons. The van der Waals surface area contributed by atoms with E-state index >= 15 is 0 Å². The SMILES string of the molecule is O=C(CCCC(=O)Nc1ccccc1C(=O)NCCc1ccccc1)Nc1ccccc1C(=O)NCCc1ccccc1. The zero-order chi connectivity index (χ0) is 30.3. The highest BCUT2D eigenvalue weighted by Crippen LogP contribution is 2.18. The molecule has 0 aliphatic rings. The van der Waals surface area contributed by atoms with Crippen molar-refractivity contribution in [1.29, 1.82) is 0 Å². The van der Waals surface area contributed by atoms with Gasteiger partial charge < -0.3 is 21.3 Å². The molecule has 4 amide bonds. The number of para-hydroxylation sites is 2. The Morgan fingerprint density at radius 3 is 1.26 bits per heavy atom. The van der Waals surface area contributed by atoms with Crippen molar-refractivity contribution in [3.05, 3.63) is 131 Å². The predicted octanol–water partition coefficient (Wildman–Crippen LogP) is 5.38. The van der Waals surface area contributed by atoms with Crippen LogP contribution in [0.15, 0.2) is 109 Å². The van der Waals surface area contributed by atoms with Crippen LogP contribution >= 0.6 is 0 Å². The van der Waals surface area contributed by atoms with Gasteiger partial charge in [0.05, 0.1) is 22.5 Å². The molecule has 0 saturated carbocycles. The van der Waals surface area contributed by atoms with Gasteiger partial charge in [-0.25, -0.2) is 0 Å². The Kier molecular flexibility index (Phi) is 11.6. The van der Waals surface area contributed by atoms with Gasteiger partial charge in [0.15, 0.2) is 0 Å². The summed E-state index contributed by atoms with van der Waals surface area (Å²) in [5.41, 5.74) is 3.83. The third-order valence-electron chi connectivity index (χ3n) is 6.78. The Labute approximate surface area is 251 Å². The maximum atomic E-state index is 12.8. The molecule has 43 heavy (non-hydrogen) atoms. The number of carbonyl (C=O) groups excluding carboxylic acids is 4. The van der Waals surface area contributed by atoms with E-state index in [4.69, 9.17) is 0 Å². The lowest BCUT2D eigenvalue weighted by molar-refractivity contribution is -0.117. The van der Waals surface area contributed by atoms with E-state index in [1.807, 2.05) is 60.7 Å². The molecule has 0 fully saturated rings. The average molecular weight is 577 g/mol. The van der Waals surface area contributed by atoms with Crippen LogP contribution in [-0.2, 0) is 22.4 Å². The van der Waals surface area contributed by atoms with Crippen LogP contribution < -0.4 is 21.3 Å². The monoisotopic (exact) mass is 576 g/mol. The topological polar surface area (TPSA) is 116 Å². The first kappa shape index (κ1) is 30.7. The molecule has 0 spiro atoms. The van der Waals surface area contributed by atoms with Crippen LogP contribution in [0.4, 0.5) is 11.4 Å². The van der Waals surface area contributed by atoms with Gasteiger partial charge in [-0.2, -0.15) is 0 Å². The molecule has 0 bridgehead atoms. The Morgan fingerprint density at radius 2 is 0.837 bits per heavy atom. The maximum absolute atomic E-state index is 12.8. The lowest BCUT2D eigenvalue weighted by atomic mass is 10.1. The predicted molar refractivity (Wildman–Crippen MR) is 169 cm³/mol. The second-order valence-electron chi connectivity index (χ2n) is 10.0. The Hall–Kier alpha value is -5.24. The fourth-order valence-corrected chi connectivity index (χ4v) is 4.54. The minimum absolute atomic E-state index is 0.0962. The van der Waals surface area contributed by atoms with Crippen molar-refractivity contribution >= 4 is 35.0 Å². The van der Waals surface area contributed by atoms with Crippen molar-refractivity contribution in [3.63, 3.8) is 0 Å². The number of amides is 4. The molecule has 4 aromatic rings. The summed E-state index contributed by atoms with van der Waals surface area (Å²) < 4.78 is 0. The van der Waals surface area contributed by atoms with E-state index in [0.29, 0.717) is 54.9 Å². The summed E-state index contributed by atoms with van der Waals surface area (Å²) in [6.45, 7) is 0.942. The second-order valence-corrected chi connectivity index (χ2v) is 10.0. The lowest BCUT2D eigenvalue weighted by Crippen LogP contribution is -2.27. The van der Waals surface area contributed by atoms with Gasteiger partial charge in [0.1, 0.15) is 0 Å². The normalized spacial score (nSPS) is 10.4. The average Bonchev–Trinajstić information content (AvgIpc) is 3.02. The smallest absolute Gasteiger partial charge is 0.253 e. The highest BCUT2D eigenvalue weighted by molar-refractivity contribution is 6.05. The van der Waals surface area contributed by atoms with Crippen LogP contribution in [0, 0.1) is 0 Å². The molecular formula is C35H36N4O4. The minimum atomic E-state index is -0.296. The standard InChI is InChI=1S/C35H36N4O4/c40-32(38-30-18-9-7-16-28(30)34(42)36-24-22-26-12-3-1-4-13-26)20-11-21-33(41)39-31-19-10-8-17-29(31)35(43)37-25-23-27-14-5-2-6-15-27/h1-10,12-19H,11,20-25H2,(H,36,42)(H,37,43)(H,38,40)(H,39,41). The summed E-state index contributed by atoms with van der Waals surface area (Å²) in [5, 5.41) is 11.4. The second kappa shape index (κ2) is 16.3. The largest absolute Gasteiger partial charge is 0.352 e. The van der Waals surface area contributed by atoms with E-state index < -0.39 is 0 Å². The Balaban J connectivity index is 1.21. The molecule has 4 rings (SSSR count). The zero-order valence-electron chi connectivity index (χ0n) is 24.0. The molecule has 8 heteroatoms. The summed E-state index contributed by atoms with van der Waals surface area (Å²) in [4.78, 5) is 50.8. The van der Waals surface area contributed by atoms with Crippen LogP contribution in [0.25, 0.3) is 0 Å². The van der Waals surface area contributed by atoms with Crippen molar-refractivity contribution in [2.45, 2.75) is 32.1 Å². The highest BCUT2D eigenvalue weighted by atomic mass is 16.2. The Morgan fingerprint density at radius 1 is 0.465 bits per heavy atom. The molecule has 0 radical (unpaired) electrons. The Bertz CT molecular complexity index is 1410. The molecule has 4 aromatic carbocycles. The van der Waals surface area contributed by atoms with E-state index in [1.54, 1.807) is 48.5 Å². The fraction of sp³-hybridized carbons (Fsp3) is 0.200. The van der Waals surface area contributed by atoms with Crippen LogP contribution in [0.1, 0.15) is 51.1 Å². The molecular weight excluding hydrogens is 540 g/mol. The molecule has 0 saturated heterocycles. The maximum Gasteiger partial charge on any atom is 0.253 e. The molecule has 0 aliphatic carbocycles. The van der Waals surface area contributed by atoms with Gasteiger partial charge in [0.25, 0.3) is 11.8 Å². The molecule has 0 atom stereocenters. The summed E-state index contributed by atoms with van der Waals surface area (Å²) >= 11 is 0. The van der Waals surface area contributed by atoms with Crippen LogP contribution in [0.2, 0.25) is 0 Å². The van der Waals surface area contributed by atoms with Crippen molar-refractivity contribution in [2.75, 3.05) is 23.7 Å². The van der Waals surface area contributed by atoms with Gasteiger partial charge in [0, 0.05) is 25.9 Å². The highest BCUT2D eigenvalue weighted by Gasteiger charge is 2.15. The summed E-state index contributed by atoms with van der Waals surface area (Å²) in [6.07, 6.45) is 1.89.